The molecule has 0 aliphatic carbocycles. The van der Waals surface area contributed by atoms with E-state index in [1.807, 2.05) is 24.3 Å². The van der Waals surface area contributed by atoms with Crippen molar-refractivity contribution in [1.82, 2.24) is 0 Å². The number of para-hydroxylation sites is 1. The summed E-state index contributed by atoms with van der Waals surface area (Å²) in [4.78, 5) is 37.0. The average Bonchev–Trinajstić information content (AvgIpc) is 3.10. The Morgan fingerprint density at radius 2 is 1.96 bits per heavy atom. The Hall–Kier alpha value is -3.42. The largest absolute Gasteiger partial charge is 0.490 e. The second-order valence-electron chi connectivity index (χ2n) is 6.06. The summed E-state index contributed by atoms with van der Waals surface area (Å²) in [6, 6.07) is 11.3. The van der Waals surface area contributed by atoms with Crippen molar-refractivity contribution >= 4 is 23.3 Å². The number of nitrogens with zero attached hydrogens (tertiary/aromatic N) is 2. The van der Waals surface area contributed by atoms with E-state index in [-0.39, 0.29) is 22.9 Å². The second-order valence-corrected chi connectivity index (χ2v) is 6.06. The molecule has 1 atom stereocenters. The van der Waals surface area contributed by atoms with Gasteiger partial charge in [0.25, 0.3) is 5.91 Å². The second kappa shape index (κ2) is 7.45. The van der Waals surface area contributed by atoms with E-state index in [9.17, 15) is 19.7 Å². The molecule has 0 saturated heterocycles. The van der Waals surface area contributed by atoms with Gasteiger partial charge in [-0.1, -0.05) is 18.2 Å². The summed E-state index contributed by atoms with van der Waals surface area (Å²) in [7, 11) is 1.30. The Kier molecular flexibility index (Phi) is 5.07. The average molecular weight is 370 g/mol. The Bertz CT molecular complexity index is 911. The number of fused-ring (bicyclic) bond motifs is 1. The number of methoxy groups -OCH3 is 1. The minimum Gasteiger partial charge on any atom is -0.490 e. The Morgan fingerprint density at radius 3 is 2.67 bits per heavy atom. The first-order valence-electron chi connectivity index (χ1n) is 8.35. The fourth-order valence-corrected chi connectivity index (χ4v) is 3.03. The third-order valence-corrected chi connectivity index (χ3v) is 4.40. The number of amides is 1. The van der Waals surface area contributed by atoms with E-state index in [2.05, 4.69) is 0 Å². The third-order valence-electron chi connectivity index (χ3n) is 4.40. The van der Waals surface area contributed by atoms with Gasteiger partial charge < -0.3 is 14.4 Å². The van der Waals surface area contributed by atoms with E-state index in [1.54, 1.807) is 4.90 Å². The molecular weight excluding hydrogens is 352 g/mol. The number of carbonyl (C=O) groups excluding carboxylic acids is 2. The van der Waals surface area contributed by atoms with Crippen molar-refractivity contribution < 1.29 is 24.0 Å². The van der Waals surface area contributed by atoms with Crippen LogP contribution < -0.4 is 9.64 Å². The Labute approximate surface area is 155 Å². The van der Waals surface area contributed by atoms with Gasteiger partial charge in [-0.25, -0.2) is 4.79 Å². The molecule has 8 nitrogen and oxygen atoms in total. The summed E-state index contributed by atoms with van der Waals surface area (Å²) >= 11 is 0. The number of rotatable bonds is 5. The van der Waals surface area contributed by atoms with E-state index in [4.69, 9.17) is 9.47 Å². The summed E-state index contributed by atoms with van der Waals surface area (Å²) in [5.41, 5.74) is 1.50. The van der Waals surface area contributed by atoms with E-state index in [1.165, 1.54) is 26.2 Å². The van der Waals surface area contributed by atoms with Gasteiger partial charge in [-0.2, -0.15) is 0 Å². The molecule has 0 saturated carbocycles. The SMILES string of the molecule is COc1ccc(C(=O)O[C@H](C)C(=O)N2CCc3ccccc32)cc1[N+](=O)[O-]. The lowest BCUT2D eigenvalue weighted by Gasteiger charge is -2.21. The number of hydrogen-bond acceptors (Lipinski definition) is 6. The predicted octanol–water partition coefficient (Wildman–Crippen LogP) is 2.74. The maximum atomic E-state index is 12.7. The van der Waals surface area contributed by atoms with Crippen molar-refractivity contribution in [2.24, 2.45) is 0 Å². The van der Waals surface area contributed by atoms with E-state index in [0.717, 1.165) is 23.7 Å². The topological polar surface area (TPSA) is 99.0 Å². The molecule has 0 aromatic heterocycles. The lowest BCUT2D eigenvalue weighted by atomic mass is 10.2. The summed E-state index contributed by atoms with van der Waals surface area (Å²) in [5, 5.41) is 11.1. The van der Waals surface area contributed by atoms with Crippen molar-refractivity contribution in [2.75, 3.05) is 18.6 Å². The lowest BCUT2D eigenvalue weighted by Crippen LogP contribution is -2.39. The number of ether oxygens (including phenoxy) is 2. The van der Waals surface area contributed by atoms with Gasteiger partial charge in [0.2, 0.25) is 0 Å². The number of benzene rings is 2. The van der Waals surface area contributed by atoms with Gasteiger partial charge in [0, 0.05) is 18.3 Å². The van der Waals surface area contributed by atoms with Crippen LogP contribution in [-0.2, 0) is 16.0 Å². The molecular formula is C19H18N2O6. The van der Waals surface area contributed by atoms with Crippen LogP contribution in [0, 0.1) is 10.1 Å². The summed E-state index contributed by atoms with van der Waals surface area (Å²) in [5.74, 6) is -1.11. The highest BCUT2D eigenvalue weighted by Crippen LogP contribution is 2.29. The molecule has 8 heteroatoms. The minimum atomic E-state index is -1.02. The zero-order chi connectivity index (χ0) is 19.6. The lowest BCUT2D eigenvalue weighted by molar-refractivity contribution is -0.385. The van der Waals surface area contributed by atoms with Crippen LogP contribution in [0.2, 0.25) is 0 Å². The number of carbonyl (C=O) groups is 2. The van der Waals surface area contributed by atoms with Gasteiger partial charge in [-0.3, -0.25) is 14.9 Å². The molecule has 1 heterocycles. The van der Waals surface area contributed by atoms with E-state index >= 15 is 0 Å². The molecule has 0 N–H and O–H groups in total. The minimum absolute atomic E-state index is 0.0241. The smallest absolute Gasteiger partial charge is 0.339 e. The number of nitro groups is 1. The van der Waals surface area contributed by atoms with Gasteiger partial charge in [0.05, 0.1) is 17.6 Å². The van der Waals surface area contributed by atoms with Crippen molar-refractivity contribution in [2.45, 2.75) is 19.4 Å². The molecule has 2 aromatic carbocycles. The molecule has 1 amide bonds. The van der Waals surface area contributed by atoms with Crippen LogP contribution >= 0.6 is 0 Å². The molecule has 0 fully saturated rings. The standard InChI is InChI=1S/C19H18N2O6/c1-12(18(22)20-10-9-13-5-3-4-6-15(13)20)27-19(23)14-7-8-17(26-2)16(11-14)21(24)25/h3-8,11-12H,9-10H2,1-2H3/t12-/m1/s1. The van der Waals surface area contributed by atoms with Crippen LogP contribution in [0.5, 0.6) is 5.75 Å². The van der Waals surface area contributed by atoms with Crippen LogP contribution in [0.15, 0.2) is 42.5 Å². The number of esters is 1. The van der Waals surface area contributed by atoms with Crippen molar-refractivity contribution in [3.8, 4) is 5.75 Å². The van der Waals surface area contributed by atoms with Crippen molar-refractivity contribution in [3.05, 3.63) is 63.7 Å². The van der Waals surface area contributed by atoms with Crippen LogP contribution in [-0.4, -0.2) is 36.6 Å². The highest BCUT2D eigenvalue weighted by molar-refractivity contribution is 6.00. The molecule has 0 unspecified atom stereocenters. The molecule has 0 bridgehead atoms. The van der Waals surface area contributed by atoms with Gasteiger partial charge in [-0.05, 0) is 37.1 Å². The Balaban J connectivity index is 1.74. The molecule has 1 aliphatic heterocycles. The fourth-order valence-electron chi connectivity index (χ4n) is 3.03. The molecule has 140 valence electrons. The first kappa shape index (κ1) is 18.4. The molecule has 3 rings (SSSR count). The summed E-state index contributed by atoms with van der Waals surface area (Å²) in [6.07, 6.45) is -0.280. The van der Waals surface area contributed by atoms with Crippen LogP contribution in [0.4, 0.5) is 11.4 Å². The predicted molar refractivity (Wildman–Crippen MR) is 97.0 cm³/mol. The Morgan fingerprint density at radius 1 is 1.22 bits per heavy atom. The summed E-state index contributed by atoms with van der Waals surface area (Å²) < 4.78 is 10.1. The maximum Gasteiger partial charge on any atom is 0.339 e. The molecule has 0 spiro atoms. The molecule has 2 aromatic rings. The molecule has 1 aliphatic rings. The van der Waals surface area contributed by atoms with Gasteiger partial charge in [-0.15, -0.1) is 0 Å². The van der Waals surface area contributed by atoms with Crippen LogP contribution in [0.25, 0.3) is 0 Å². The van der Waals surface area contributed by atoms with Gasteiger partial charge in [0.15, 0.2) is 11.9 Å². The normalized spacial score (nSPS) is 13.6. The van der Waals surface area contributed by atoms with Gasteiger partial charge in [0.1, 0.15) is 0 Å². The highest BCUT2D eigenvalue weighted by atomic mass is 16.6. The number of nitro benzene ring substituents is 1. The monoisotopic (exact) mass is 370 g/mol. The molecule has 27 heavy (non-hydrogen) atoms. The van der Waals surface area contributed by atoms with Crippen molar-refractivity contribution in [1.29, 1.82) is 0 Å². The molecule has 0 radical (unpaired) electrons. The zero-order valence-corrected chi connectivity index (χ0v) is 14.9. The van der Waals surface area contributed by atoms with E-state index in [0.29, 0.717) is 6.54 Å². The number of hydrogen-bond donors (Lipinski definition) is 0. The zero-order valence-electron chi connectivity index (χ0n) is 14.9. The maximum absolute atomic E-state index is 12.7. The third kappa shape index (κ3) is 3.59. The van der Waals surface area contributed by atoms with Gasteiger partial charge >= 0.3 is 11.7 Å². The first-order chi connectivity index (χ1) is 12.9. The van der Waals surface area contributed by atoms with Crippen LogP contribution in [0.3, 0.4) is 0 Å². The summed E-state index contributed by atoms with van der Waals surface area (Å²) in [6.45, 7) is 2.01. The van der Waals surface area contributed by atoms with Crippen molar-refractivity contribution in [3.63, 3.8) is 0 Å². The quantitative estimate of drug-likeness (QED) is 0.456. The van der Waals surface area contributed by atoms with Crippen LogP contribution in [0.1, 0.15) is 22.8 Å². The highest BCUT2D eigenvalue weighted by Gasteiger charge is 2.30. The number of anilines is 1. The fraction of sp³-hybridized carbons (Fsp3) is 0.263. The first-order valence-corrected chi connectivity index (χ1v) is 8.35. The van der Waals surface area contributed by atoms with E-state index < -0.39 is 17.0 Å².